The molecule has 0 radical (unpaired) electrons. The van der Waals surface area contributed by atoms with Crippen molar-refractivity contribution in [1.82, 2.24) is 15.1 Å². The second-order valence-corrected chi connectivity index (χ2v) is 8.53. The van der Waals surface area contributed by atoms with Gasteiger partial charge < -0.3 is 14.7 Å². The molecule has 4 rings (SSSR count). The van der Waals surface area contributed by atoms with Crippen LogP contribution in [0.5, 0.6) is 0 Å². The van der Waals surface area contributed by atoms with Crippen molar-refractivity contribution in [2.45, 2.75) is 19.3 Å². The highest BCUT2D eigenvalue weighted by molar-refractivity contribution is 9.10. The first-order valence-electron chi connectivity index (χ1n) is 9.08. The number of halogens is 1. The summed E-state index contributed by atoms with van der Waals surface area (Å²) in [4.78, 5) is 19.8. The highest BCUT2D eigenvalue weighted by Crippen LogP contribution is 2.23. The molecule has 0 atom stereocenters. The van der Waals surface area contributed by atoms with Crippen LogP contribution in [-0.4, -0.2) is 60.3 Å². The predicted octanol–water partition coefficient (Wildman–Crippen LogP) is 3.25. The molecule has 2 aliphatic rings. The largest absolute Gasteiger partial charge is 0.355 e. The van der Waals surface area contributed by atoms with E-state index < -0.39 is 0 Å². The first kappa shape index (κ1) is 17.7. The van der Waals surface area contributed by atoms with E-state index in [1.165, 1.54) is 30.6 Å². The Balaban J connectivity index is 1.35. The summed E-state index contributed by atoms with van der Waals surface area (Å²) in [7, 11) is 0. The van der Waals surface area contributed by atoms with Gasteiger partial charge in [-0.25, -0.2) is 0 Å². The Morgan fingerprint density at radius 2 is 1.54 bits per heavy atom. The monoisotopic (exact) mass is 435 g/mol. The van der Waals surface area contributed by atoms with Crippen LogP contribution in [0.1, 0.15) is 28.9 Å². The molecule has 138 valence electrons. The van der Waals surface area contributed by atoms with Crippen molar-refractivity contribution in [3.8, 4) is 0 Å². The van der Waals surface area contributed by atoms with Crippen LogP contribution in [-0.2, 0) is 0 Å². The molecule has 26 heavy (non-hydrogen) atoms. The van der Waals surface area contributed by atoms with Gasteiger partial charge in [0.1, 0.15) is 0 Å². The molecule has 1 amide bonds. The first-order valence-corrected chi connectivity index (χ1v) is 10.7. The third-order valence-corrected chi connectivity index (χ3v) is 6.66. The zero-order valence-electron chi connectivity index (χ0n) is 14.6. The number of aromatic nitrogens is 2. The third-order valence-electron chi connectivity index (χ3n) is 4.99. The van der Waals surface area contributed by atoms with Gasteiger partial charge in [-0.2, -0.15) is 0 Å². The number of piperidine rings is 1. The summed E-state index contributed by atoms with van der Waals surface area (Å²) >= 11 is 4.90. The summed E-state index contributed by atoms with van der Waals surface area (Å²) in [6.45, 7) is 5.15. The molecule has 8 heteroatoms. The summed E-state index contributed by atoms with van der Waals surface area (Å²) in [5, 5.41) is 10.8. The van der Waals surface area contributed by atoms with Crippen LogP contribution in [0.2, 0.25) is 0 Å². The van der Waals surface area contributed by atoms with Crippen molar-refractivity contribution in [3.05, 3.63) is 32.9 Å². The molecule has 0 aromatic carbocycles. The van der Waals surface area contributed by atoms with Crippen LogP contribution >= 0.6 is 27.3 Å². The number of hydrogen-bond donors (Lipinski definition) is 0. The Morgan fingerprint density at radius 1 is 0.923 bits per heavy atom. The molecule has 0 N–H and O–H groups in total. The summed E-state index contributed by atoms with van der Waals surface area (Å²) in [5.74, 6) is 1.99. The van der Waals surface area contributed by atoms with Gasteiger partial charge in [0.15, 0.2) is 11.6 Å². The second kappa shape index (κ2) is 7.92. The number of anilines is 2. The molecular weight excluding hydrogens is 414 g/mol. The fraction of sp³-hybridized carbons (Fsp3) is 0.500. The van der Waals surface area contributed by atoms with Crippen molar-refractivity contribution in [3.63, 3.8) is 0 Å². The molecule has 0 bridgehead atoms. The van der Waals surface area contributed by atoms with Gasteiger partial charge in [0, 0.05) is 49.1 Å². The Bertz CT molecular complexity index is 751. The lowest BCUT2D eigenvalue weighted by atomic mass is 10.1. The van der Waals surface area contributed by atoms with E-state index in [-0.39, 0.29) is 5.91 Å². The smallest absolute Gasteiger partial charge is 0.264 e. The average molecular weight is 436 g/mol. The topological polar surface area (TPSA) is 52.6 Å². The van der Waals surface area contributed by atoms with Gasteiger partial charge in [-0.15, -0.1) is 21.5 Å². The van der Waals surface area contributed by atoms with Crippen molar-refractivity contribution in [2.75, 3.05) is 49.1 Å². The quantitative estimate of drug-likeness (QED) is 0.740. The highest BCUT2D eigenvalue weighted by Gasteiger charge is 2.24. The Kier molecular flexibility index (Phi) is 5.40. The SMILES string of the molecule is O=C(c1cc(Br)cs1)N1CCN(c2ccc(N3CCCCC3)nn2)CC1. The maximum Gasteiger partial charge on any atom is 0.264 e. The van der Waals surface area contributed by atoms with E-state index in [0.29, 0.717) is 13.1 Å². The average Bonchev–Trinajstić information content (AvgIpc) is 3.15. The highest BCUT2D eigenvalue weighted by atomic mass is 79.9. The number of piperazine rings is 1. The molecule has 2 aromatic rings. The van der Waals surface area contributed by atoms with Gasteiger partial charge in [0.25, 0.3) is 5.91 Å². The number of rotatable bonds is 3. The summed E-state index contributed by atoms with van der Waals surface area (Å²) in [6, 6.07) is 6.03. The Hall–Kier alpha value is -1.67. The van der Waals surface area contributed by atoms with Gasteiger partial charge in [0.2, 0.25) is 0 Å². The van der Waals surface area contributed by atoms with E-state index in [0.717, 1.165) is 47.2 Å². The number of amides is 1. The van der Waals surface area contributed by atoms with Gasteiger partial charge in [0.05, 0.1) is 4.88 Å². The number of hydrogen-bond acceptors (Lipinski definition) is 6. The van der Waals surface area contributed by atoms with Crippen LogP contribution in [0, 0.1) is 0 Å². The molecule has 4 heterocycles. The van der Waals surface area contributed by atoms with E-state index in [4.69, 9.17) is 0 Å². The first-order chi connectivity index (χ1) is 12.7. The van der Waals surface area contributed by atoms with Gasteiger partial charge in [-0.05, 0) is 53.4 Å². The standard InChI is InChI=1S/C18H22BrN5OS/c19-14-12-15(26-13-14)18(25)24-10-8-23(9-11-24)17-5-4-16(20-21-17)22-6-2-1-3-7-22/h4-5,12-13H,1-3,6-11H2. The van der Waals surface area contributed by atoms with E-state index in [1.807, 2.05) is 16.3 Å². The van der Waals surface area contributed by atoms with E-state index in [2.05, 4.69) is 48.1 Å². The summed E-state index contributed by atoms with van der Waals surface area (Å²) in [6.07, 6.45) is 3.79. The van der Waals surface area contributed by atoms with Crippen molar-refractivity contribution in [1.29, 1.82) is 0 Å². The minimum Gasteiger partial charge on any atom is -0.355 e. The normalized spacial score (nSPS) is 18.3. The van der Waals surface area contributed by atoms with Gasteiger partial charge >= 0.3 is 0 Å². The lowest BCUT2D eigenvalue weighted by Crippen LogP contribution is -2.49. The van der Waals surface area contributed by atoms with Crippen molar-refractivity contribution < 1.29 is 4.79 Å². The Morgan fingerprint density at radius 3 is 2.08 bits per heavy atom. The zero-order valence-corrected chi connectivity index (χ0v) is 17.0. The van der Waals surface area contributed by atoms with Crippen LogP contribution < -0.4 is 9.80 Å². The molecule has 2 saturated heterocycles. The zero-order chi connectivity index (χ0) is 17.9. The number of nitrogens with zero attached hydrogens (tertiary/aromatic N) is 5. The Labute approximate surface area is 165 Å². The lowest BCUT2D eigenvalue weighted by Gasteiger charge is -2.35. The molecule has 2 fully saturated rings. The van der Waals surface area contributed by atoms with Crippen molar-refractivity contribution >= 4 is 44.8 Å². The van der Waals surface area contributed by atoms with E-state index in [9.17, 15) is 4.79 Å². The number of thiophene rings is 1. The van der Waals surface area contributed by atoms with Crippen LogP contribution in [0.4, 0.5) is 11.6 Å². The summed E-state index contributed by atoms with van der Waals surface area (Å²) < 4.78 is 0.966. The molecule has 0 aliphatic carbocycles. The minimum atomic E-state index is 0.117. The van der Waals surface area contributed by atoms with E-state index in [1.54, 1.807) is 0 Å². The van der Waals surface area contributed by atoms with Gasteiger partial charge in [-0.1, -0.05) is 0 Å². The second-order valence-electron chi connectivity index (χ2n) is 6.71. The molecule has 0 saturated carbocycles. The molecule has 6 nitrogen and oxygen atoms in total. The minimum absolute atomic E-state index is 0.117. The van der Waals surface area contributed by atoms with Crippen LogP contribution in [0.15, 0.2) is 28.1 Å². The van der Waals surface area contributed by atoms with Crippen LogP contribution in [0.3, 0.4) is 0 Å². The molecule has 0 spiro atoms. The van der Waals surface area contributed by atoms with Crippen molar-refractivity contribution in [2.24, 2.45) is 0 Å². The number of carbonyl (C=O) groups is 1. The molecular formula is C18H22BrN5OS. The summed E-state index contributed by atoms with van der Waals surface area (Å²) in [5.41, 5.74) is 0. The fourth-order valence-corrected chi connectivity index (χ4v) is 4.89. The third kappa shape index (κ3) is 3.86. The predicted molar refractivity (Wildman–Crippen MR) is 108 cm³/mol. The fourth-order valence-electron chi connectivity index (χ4n) is 3.50. The lowest BCUT2D eigenvalue weighted by molar-refractivity contribution is 0.0751. The van der Waals surface area contributed by atoms with Crippen LogP contribution in [0.25, 0.3) is 0 Å². The number of carbonyl (C=O) groups excluding carboxylic acids is 1. The maximum atomic E-state index is 12.5. The molecule has 0 unspecified atom stereocenters. The molecule has 2 aliphatic heterocycles. The molecule has 2 aromatic heterocycles. The van der Waals surface area contributed by atoms with Gasteiger partial charge in [-0.3, -0.25) is 4.79 Å². The maximum absolute atomic E-state index is 12.5. The van der Waals surface area contributed by atoms with E-state index >= 15 is 0 Å².